The third-order valence-electron chi connectivity index (χ3n) is 5.77. The van der Waals surface area contributed by atoms with E-state index in [1.807, 2.05) is 0 Å². The lowest BCUT2D eigenvalue weighted by Crippen LogP contribution is -2.53. The number of carbonyl (C=O) groups is 1. The van der Waals surface area contributed by atoms with Crippen molar-refractivity contribution in [2.24, 2.45) is 17.8 Å². The Balaban J connectivity index is 1.57. The summed E-state index contributed by atoms with van der Waals surface area (Å²) < 4.78 is 34.8. The first-order valence-corrected chi connectivity index (χ1v) is 11.4. The maximum Gasteiger partial charge on any atom is 0.282 e. The molecule has 1 amide bonds. The lowest BCUT2D eigenvalue weighted by atomic mass is 9.94. The second-order valence-corrected chi connectivity index (χ2v) is 10.3. The first-order valence-electron chi connectivity index (χ1n) is 10.0. The van der Waals surface area contributed by atoms with Crippen LogP contribution in [0.3, 0.4) is 0 Å². The van der Waals surface area contributed by atoms with Crippen molar-refractivity contribution in [3.63, 3.8) is 0 Å². The highest BCUT2D eigenvalue weighted by atomic mass is 32.2. The Morgan fingerprint density at radius 3 is 2.46 bits per heavy atom. The molecule has 3 heterocycles. The highest BCUT2D eigenvalue weighted by Gasteiger charge is 2.38. The van der Waals surface area contributed by atoms with Gasteiger partial charge in [-0.15, -0.1) is 0 Å². The van der Waals surface area contributed by atoms with E-state index in [-0.39, 0.29) is 17.9 Å². The third kappa shape index (κ3) is 4.77. The van der Waals surface area contributed by atoms with Gasteiger partial charge in [0, 0.05) is 39.3 Å². The highest BCUT2D eigenvalue weighted by molar-refractivity contribution is 7.86. The van der Waals surface area contributed by atoms with Crippen LogP contribution in [0, 0.1) is 17.8 Å². The number of ether oxygens (including phenoxy) is 1. The van der Waals surface area contributed by atoms with Crippen molar-refractivity contribution >= 4 is 16.1 Å². The van der Waals surface area contributed by atoms with Gasteiger partial charge in [-0.3, -0.25) is 4.79 Å². The molecule has 3 saturated heterocycles. The van der Waals surface area contributed by atoms with Gasteiger partial charge in [0.05, 0.1) is 12.0 Å². The van der Waals surface area contributed by atoms with E-state index in [1.54, 1.807) is 4.31 Å². The van der Waals surface area contributed by atoms with Gasteiger partial charge in [0.2, 0.25) is 5.91 Å². The van der Waals surface area contributed by atoms with E-state index in [2.05, 4.69) is 19.2 Å². The van der Waals surface area contributed by atoms with Crippen LogP contribution in [0.2, 0.25) is 0 Å². The van der Waals surface area contributed by atoms with E-state index in [1.165, 1.54) is 4.31 Å². The molecule has 0 unspecified atom stereocenters. The summed E-state index contributed by atoms with van der Waals surface area (Å²) in [6.07, 6.45) is 4.69. The molecule has 0 aromatic carbocycles. The molecular weight excluding hydrogens is 354 g/mol. The minimum Gasteiger partial charge on any atom is -0.376 e. The Bertz CT molecular complexity index is 581. The quantitative estimate of drug-likeness (QED) is 0.769. The lowest BCUT2D eigenvalue weighted by molar-refractivity contribution is -0.126. The van der Waals surface area contributed by atoms with Crippen molar-refractivity contribution in [1.29, 1.82) is 0 Å². The van der Waals surface area contributed by atoms with E-state index in [4.69, 9.17) is 4.74 Å². The van der Waals surface area contributed by atoms with Gasteiger partial charge in [-0.25, -0.2) is 0 Å². The van der Waals surface area contributed by atoms with E-state index >= 15 is 0 Å². The van der Waals surface area contributed by atoms with Crippen LogP contribution in [0.5, 0.6) is 0 Å². The summed E-state index contributed by atoms with van der Waals surface area (Å²) >= 11 is 0. The Hall–Kier alpha value is -0.700. The molecule has 4 atom stereocenters. The second kappa shape index (κ2) is 8.54. The van der Waals surface area contributed by atoms with Crippen LogP contribution in [0.15, 0.2) is 0 Å². The number of amides is 1. The molecule has 0 aliphatic carbocycles. The van der Waals surface area contributed by atoms with Gasteiger partial charge in [-0.1, -0.05) is 13.8 Å². The van der Waals surface area contributed by atoms with Crippen molar-refractivity contribution in [1.82, 2.24) is 13.9 Å². The zero-order chi connectivity index (χ0) is 18.7. The third-order valence-corrected chi connectivity index (χ3v) is 7.71. The van der Waals surface area contributed by atoms with Crippen LogP contribution in [-0.2, 0) is 19.7 Å². The smallest absolute Gasteiger partial charge is 0.282 e. The monoisotopic (exact) mass is 387 g/mol. The minimum absolute atomic E-state index is 0.0409. The Morgan fingerprint density at radius 1 is 1.08 bits per heavy atom. The van der Waals surface area contributed by atoms with Crippen LogP contribution in [-0.4, -0.2) is 68.4 Å². The van der Waals surface area contributed by atoms with E-state index in [9.17, 15) is 13.2 Å². The average molecular weight is 388 g/mol. The molecule has 1 N–H and O–H groups in total. The fourth-order valence-electron chi connectivity index (χ4n) is 4.49. The average Bonchev–Trinajstić information content (AvgIpc) is 3.12. The molecule has 8 heteroatoms. The van der Waals surface area contributed by atoms with E-state index in [0.29, 0.717) is 44.6 Å². The molecule has 0 aromatic heterocycles. The van der Waals surface area contributed by atoms with E-state index in [0.717, 1.165) is 38.7 Å². The van der Waals surface area contributed by atoms with Gasteiger partial charge in [0.15, 0.2) is 0 Å². The van der Waals surface area contributed by atoms with Crippen LogP contribution in [0.1, 0.15) is 46.0 Å². The van der Waals surface area contributed by atoms with Crippen LogP contribution in [0.4, 0.5) is 0 Å². The molecule has 3 fully saturated rings. The summed E-state index contributed by atoms with van der Waals surface area (Å²) in [5.74, 6) is 0.452. The van der Waals surface area contributed by atoms with Crippen molar-refractivity contribution in [3.05, 3.63) is 0 Å². The summed E-state index contributed by atoms with van der Waals surface area (Å²) in [5.41, 5.74) is 0. The topological polar surface area (TPSA) is 79.0 Å². The largest absolute Gasteiger partial charge is 0.376 e. The maximum absolute atomic E-state index is 13.1. The molecule has 3 aliphatic rings. The second-order valence-electron chi connectivity index (χ2n) is 8.35. The Kier molecular flexibility index (Phi) is 6.59. The van der Waals surface area contributed by atoms with Gasteiger partial charge in [-0.2, -0.15) is 17.0 Å². The lowest BCUT2D eigenvalue weighted by Gasteiger charge is -2.39. The molecule has 3 rings (SSSR count). The molecule has 0 aromatic rings. The summed E-state index contributed by atoms with van der Waals surface area (Å²) in [6.45, 7) is 7.48. The fraction of sp³-hybridized carbons (Fsp3) is 0.944. The number of nitrogens with zero attached hydrogens (tertiary/aromatic N) is 2. The number of piperidine rings is 2. The number of carbonyl (C=O) groups excluding carboxylic acids is 1. The predicted molar refractivity (Wildman–Crippen MR) is 99.7 cm³/mol. The molecule has 0 radical (unpaired) electrons. The van der Waals surface area contributed by atoms with Gasteiger partial charge in [0.25, 0.3) is 10.2 Å². The Labute approximate surface area is 157 Å². The minimum atomic E-state index is -3.49. The molecule has 7 nitrogen and oxygen atoms in total. The Morgan fingerprint density at radius 2 is 1.81 bits per heavy atom. The molecule has 0 saturated carbocycles. The van der Waals surface area contributed by atoms with Crippen LogP contribution in [0.25, 0.3) is 0 Å². The zero-order valence-electron chi connectivity index (χ0n) is 16.0. The molecule has 3 aliphatic heterocycles. The van der Waals surface area contributed by atoms with Crippen molar-refractivity contribution in [2.45, 2.75) is 52.1 Å². The van der Waals surface area contributed by atoms with Crippen molar-refractivity contribution < 1.29 is 17.9 Å². The van der Waals surface area contributed by atoms with E-state index < -0.39 is 10.2 Å². The standard InChI is InChI=1S/C18H33N3O4S/c1-14-9-15(2)12-21(11-14)26(23,24)20-7-3-5-16(13-20)18(22)19-10-17-6-4-8-25-17/h14-17H,3-13H2,1-2H3,(H,19,22)/t14-,15+,16-,17+/m1/s1. The molecular formula is C18H33N3O4S. The van der Waals surface area contributed by atoms with Gasteiger partial charge in [-0.05, 0) is 43.9 Å². The van der Waals surface area contributed by atoms with Crippen molar-refractivity contribution in [3.8, 4) is 0 Å². The molecule has 0 bridgehead atoms. The maximum atomic E-state index is 13.1. The molecule has 0 spiro atoms. The predicted octanol–water partition coefficient (Wildman–Crippen LogP) is 1.22. The van der Waals surface area contributed by atoms with Crippen LogP contribution >= 0.6 is 0 Å². The zero-order valence-corrected chi connectivity index (χ0v) is 16.8. The fourth-order valence-corrected chi connectivity index (χ4v) is 6.43. The normalized spacial score (nSPS) is 34.7. The number of rotatable bonds is 5. The van der Waals surface area contributed by atoms with Crippen LogP contribution < -0.4 is 5.32 Å². The molecule has 26 heavy (non-hydrogen) atoms. The summed E-state index contributed by atoms with van der Waals surface area (Å²) in [7, 11) is -3.49. The number of hydrogen-bond acceptors (Lipinski definition) is 4. The summed E-state index contributed by atoms with van der Waals surface area (Å²) in [4.78, 5) is 12.5. The number of nitrogens with one attached hydrogen (secondary N) is 1. The summed E-state index contributed by atoms with van der Waals surface area (Å²) in [6, 6.07) is 0. The first-order chi connectivity index (χ1) is 12.4. The summed E-state index contributed by atoms with van der Waals surface area (Å²) in [5, 5.41) is 2.96. The molecule has 150 valence electrons. The van der Waals surface area contributed by atoms with Crippen molar-refractivity contribution in [2.75, 3.05) is 39.3 Å². The number of hydrogen-bond donors (Lipinski definition) is 1. The van der Waals surface area contributed by atoms with Gasteiger partial charge < -0.3 is 10.1 Å². The first kappa shape index (κ1) is 20.0. The highest BCUT2D eigenvalue weighted by Crippen LogP contribution is 2.27. The van der Waals surface area contributed by atoms with Gasteiger partial charge in [0.1, 0.15) is 0 Å². The van der Waals surface area contributed by atoms with Gasteiger partial charge >= 0.3 is 0 Å². The SMILES string of the molecule is C[C@@H]1C[C@H](C)CN(S(=O)(=O)N2CCC[C@@H](C(=O)NC[C@@H]3CCCO3)C2)C1.